The Labute approximate surface area is 108 Å². The van der Waals surface area contributed by atoms with Crippen LogP contribution in [0.3, 0.4) is 0 Å². The number of fused-ring (bicyclic) bond motifs is 1. The molecule has 0 saturated carbocycles. The Morgan fingerprint density at radius 3 is 3.12 bits per heavy atom. The normalized spacial score (nSPS) is 15.7. The fraction of sp³-hybridized carbons (Fsp3) is 0.357. The van der Waals surface area contributed by atoms with Crippen molar-refractivity contribution in [2.75, 3.05) is 18.0 Å². The van der Waals surface area contributed by atoms with Crippen molar-refractivity contribution in [2.24, 2.45) is 4.99 Å². The molecule has 3 heteroatoms. The number of hydrogen-bond acceptors (Lipinski definition) is 2. The molecule has 1 aliphatic heterocycles. The highest BCUT2D eigenvalue weighted by Crippen LogP contribution is 2.31. The first kappa shape index (κ1) is 12.2. The molecule has 2 nitrogen and oxygen atoms in total. The molecule has 0 unspecified atom stereocenters. The first-order chi connectivity index (χ1) is 8.20. The van der Waals surface area contributed by atoms with Crippen LogP contribution in [0.5, 0.6) is 0 Å². The van der Waals surface area contributed by atoms with E-state index in [1.165, 1.54) is 16.8 Å². The van der Waals surface area contributed by atoms with E-state index in [4.69, 9.17) is 11.6 Å². The summed E-state index contributed by atoms with van der Waals surface area (Å²) in [5, 5.41) is 0.809. The van der Waals surface area contributed by atoms with Crippen LogP contribution < -0.4 is 4.90 Å². The summed E-state index contributed by atoms with van der Waals surface area (Å²) in [5.41, 5.74) is 3.92. The summed E-state index contributed by atoms with van der Waals surface area (Å²) in [6.45, 7) is 6.02. The highest BCUT2D eigenvalue weighted by molar-refractivity contribution is 6.30. The third-order valence-corrected chi connectivity index (χ3v) is 3.16. The monoisotopic (exact) mass is 248 g/mol. The summed E-state index contributed by atoms with van der Waals surface area (Å²) >= 11 is 6.04. The first-order valence-corrected chi connectivity index (χ1v) is 6.25. The lowest BCUT2D eigenvalue weighted by Crippen LogP contribution is -2.22. The number of halogens is 1. The predicted octanol–water partition coefficient (Wildman–Crippen LogP) is 3.70. The summed E-state index contributed by atoms with van der Waals surface area (Å²) in [5.74, 6) is 0. The second kappa shape index (κ2) is 5.37. The van der Waals surface area contributed by atoms with Gasteiger partial charge < -0.3 is 4.90 Å². The zero-order chi connectivity index (χ0) is 12.3. The minimum atomic E-state index is 0.809. The van der Waals surface area contributed by atoms with Gasteiger partial charge in [0.2, 0.25) is 0 Å². The summed E-state index contributed by atoms with van der Waals surface area (Å²) in [6, 6.07) is 6.15. The number of aliphatic imine (C=N–C) groups is 1. The van der Waals surface area contributed by atoms with Crippen LogP contribution in [-0.4, -0.2) is 19.3 Å². The van der Waals surface area contributed by atoms with Crippen LogP contribution in [0, 0.1) is 0 Å². The summed E-state index contributed by atoms with van der Waals surface area (Å²) in [7, 11) is 0. The molecule has 0 bridgehead atoms. The zero-order valence-electron chi connectivity index (χ0n) is 10.3. The molecule has 1 aliphatic rings. The third kappa shape index (κ3) is 2.89. The third-order valence-electron chi connectivity index (χ3n) is 2.92. The molecular weight excluding hydrogens is 232 g/mol. The van der Waals surface area contributed by atoms with Crippen molar-refractivity contribution in [3.8, 4) is 0 Å². The van der Waals surface area contributed by atoms with Gasteiger partial charge in [-0.2, -0.15) is 0 Å². The highest BCUT2D eigenvalue weighted by atomic mass is 35.5. The van der Waals surface area contributed by atoms with Crippen molar-refractivity contribution in [1.29, 1.82) is 0 Å². The van der Waals surface area contributed by atoms with Crippen LogP contribution in [0.4, 0.5) is 5.69 Å². The standard InChI is InChI=1S/C14H17ClN2/c1-3-16-9-11(2)10-17-7-6-12-4-5-13(15)8-14(12)17/h3-5,8-9H,6-7,10H2,1-2H3/b11-9+,16-3?. The minimum absolute atomic E-state index is 0.809. The van der Waals surface area contributed by atoms with Crippen LogP contribution in [0.2, 0.25) is 5.02 Å². The van der Waals surface area contributed by atoms with Crippen molar-refractivity contribution in [2.45, 2.75) is 20.3 Å². The molecule has 0 radical (unpaired) electrons. The maximum Gasteiger partial charge on any atom is 0.0426 e. The Hall–Kier alpha value is -1.28. The van der Waals surface area contributed by atoms with Crippen molar-refractivity contribution in [3.63, 3.8) is 0 Å². The van der Waals surface area contributed by atoms with Gasteiger partial charge in [-0.3, -0.25) is 4.99 Å². The summed E-state index contributed by atoms with van der Waals surface area (Å²) in [6.07, 6.45) is 4.83. The molecular formula is C14H17ClN2. The van der Waals surface area contributed by atoms with Crippen molar-refractivity contribution >= 4 is 23.5 Å². The Bertz CT molecular complexity index is 463. The fourth-order valence-corrected chi connectivity index (χ4v) is 2.29. The zero-order valence-corrected chi connectivity index (χ0v) is 11.0. The largest absolute Gasteiger partial charge is 0.367 e. The lowest BCUT2D eigenvalue weighted by atomic mass is 10.2. The van der Waals surface area contributed by atoms with Gasteiger partial charge >= 0.3 is 0 Å². The molecule has 0 amide bonds. The molecule has 1 heterocycles. The van der Waals surface area contributed by atoms with Crippen LogP contribution in [0.1, 0.15) is 19.4 Å². The summed E-state index contributed by atoms with van der Waals surface area (Å²) in [4.78, 5) is 6.51. The topological polar surface area (TPSA) is 15.6 Å². The van der Waals surface area contributed by atoms with Crippen LogP contribution in [-0.2, 0) is 6.42 Å². The van der Waals surface area contributed by atoms with Gasteiger partial charge in [-0.1, -0.05) is 17.7 Å². The van der Waals surface area contributed by atoms with Gasteiger partial charge in [0.1, 0.15) is 0 Å². The van der Waals surface area contributed by atoms with E-state index in [1.807, 2.05) is 19.2 Å². The molecule has 0 fully saturated rings. The summed E-state index contributed by atoms with van der Waals surface area (Å²) < 4.78 is 0. The molecule has 17 heavy (non-hydrogen) atoms. The SMILES string of the molecule is CC=N/C=C(\C)CN1CCc2ccc(Cl)cc21. The molecule has 0 N–H and O–H groups in total. The average Bonchev–Trinajstić information content (AvgIpc) is 2.69. The maximum absolute atomic E-state index is 6.04. The Morgan fingerprint density at radius 2 is 2.35 bits per heavy atom. The Balaban J connectivity index is 2.14. The van der Waals surface area contributed by atoms with Gasteiger partial charge in [-0.25, -0.2) is 0 Å². The average molecular weight is 249 g/mol. The second-order valence-electron chi connectivity index (χ2n) is 4.33. The number of hydrogen-bond donors (Lipinski definition) is 0. The van der Waals surface area contributed by atoms with E-state index in [0.29, 0.717) is 0 Å². The van der Waals surface area contributed by atoms with Crippen LogP contribution in [0.15, 0.2) is 35.0 Å². The van der Waals surface area contributed by atoms with Crippen LogP contribution in [0.25, 0.3) is 0 Å². The van der Waals surface area contributed by atoms with E-state index in [9.17, 15) is 0 Å². The van der Waals surface area contributed by atoms with E-state index in [0.717, 1.165) is 24.5 Å². The number of anilines is 1. The van der Waals surface area contributed by atoms with Crippen molar-refractivity contribution < 1.29 is 0 Å². The fourth-order valence-electron chi connectivity index (χ4n) is 2.13. The molecule has 0 aliphatic carbocycles. The van der Waals surface area contributed by atoms with Gasteiger partial charge in [0.15, 0.2) is 0 Å². The smallest absolute Gasteiger partial charge is 0.0426 e. The van der Waals surface area contributed by atoms with Crippen LogP contribution >= 0.6 is 11.6 Å². The molecule has 2 rings (SSSR count). The second-order valence-corrected chi connectivity index (χ2v) is 4.76. The van der Waals surface area contributed by atoms with E-state index in [1.54, 1.807) is 6.21 Å². The van der Waals surface area contributed by atoms with Gasteiger partial charge in [0.05, 0.1) is 0 Å². The molecule has 0 saturated heterocycles. The van der Waals surface area contributed by atoms with E-state index in [-0.39, 0.29) is 0 Å². The molecule has 1 aromatic rings. The highest BCUT2D eigenvalue weighted by Gasteiger charge is 2.18. The van der Waals surface area contributed by atoms with Gasteiger partial charge in [0.25, 0.3) is 0 Å². The minimum Gasteiger partial charge on any atom is -0.367 e. The Morgan fingerprint density at radius 1 is 1.53 bits per heavy atom. The van der Waals surface area contributed by atoms with E-state index < -0.39 is 0 Å². The lowest BCUT2D eigenvalue weighted by Gasteiger charge is -2.19. The molecule has 0 atom stereocenters. The quantitative estimate of drug-likeness (QED) is 0.745. The maximum atomic E-state index is 6.04. The molecule has 0 aromatic heterocycles. The molecule has 0 spiro atoms. The van der Waals surface area contributed by atoms with Gasteiger partial charge in [0, 0.05) is 36.2 Å². The van der Waals surface area contributed by atoms with Gasteiger partial charge in [-0.05, 0) is 43.5 Å². The van der Waals surface area contributed by atoms with Crippen molar-refractivity contribution in [3.05, 3.63) is 40.6 Å². The number of rotatable bonds is 3. The van der Waals surface area contributed by atoms with E-state index in [2.05, 4.69) is 28.9 Å². The Kier molecular flexibility index (Phi) is 3.85. The molecule has 90 valence electrons. The first-order valence-electron chi connectivity index (χ1n) is 5.87. The number of benzene rings is 1. The number of nitrogens with zero attached hydrogens (tertiary/aromatic N) is 2. The molecule has 1 aromatic carbocycles. The van der Waals surface area contributed by atoms with Gasteiger partial charge in [-0.15, -0.1) is 0 Å². The van der Waals surface area contributed by atoms with E-state index >= 15 is 0 Å². The predicted molar refractivity (Wildman–Crippen MR) is 75.3 cm³/mol. The van der Waals surface area contributed by atoms with Crippen molar-refractivity contribution in [1.82, 2.24) is 0 Å². The lowest BCUT2D eigenvalue weighted by molar-refractivity contribution is 0.877.